The summed E-state index contributed by atoms with van der Waals surface area (Å²) in [6.45, 7) is 6.21. The fraction of sp³-hybridized carbons (Fsp3) is 0.600. The molecule has 1 rings (SSSR count). The lowest BCUT2D eigenvalue weighted by Gasteiger charge is -2.21. The number of hydrogen-bond donors (Lipinski definition) is 1. The highest BCUT2D eigenvalue weighted by Gasteiger charge is 2.19. The molecule has 0 radical (unpaired) electrons. The summed E-state index contributed by atoms with van der Waals surface area (Å²) in [5, 5.41) is 0. The molecule has 1 N–H and O–H groups in total. The molecule has 4 heteroatoms. The number of unbranched alkanes of at least 4 members (excludes halogenated alkanes) is 1. The lowest BCUT2D eigenvalue weighted by atomic mass is 9.98. The number of sulfonamides is 1. The third-order valence-electron chi connectivity index (χ3n) is 3.00. The Morgan fingerprint density at radius 1 is 1.16 bits per heavy atom. The van der Waals surface area contributed by atoms with Crippen LogP contribution >= 0.6 is 0 Å². The maximum Gasteiger partial charge on any atom is 0.212 e. The zero-order chi connectivity index (χ0) is 14.3. The van der Waals surface area contributed by atoms with Gasteiger partial charge in [-0.15, -0.1) is 0 Å². The first-order chi connectivity index (χ1) is 8.94. The van der Waals surface area contributed by atoms with Gasteiger partial charge in [-0.05, 0) is 24.3 Å². The first-order valence-electron chi connectivity index (χ1n) is 6.99. The van der Waals surface area contributed by atoms with E-state index in [2.05, 4.69) is 18.6 Å². The van der Waals surface area contributed by atoms with Crippen LogP contribution in [0.15, 0.2) is 30.3 Å². The molecule has 0 aliphatic rings. The van der Waals surface area contributed by atoms with Gasteiger partial charge in [-0.3, -0.25) is 0 Å². The highest BCUT2D eigenvalue weighted by Crippen LogP contribution is 2.22. The van der Waals surface area contributed by atoms with E-state index in [0.29, 0.717) is 12.3 Å². The zero-order valence-corrected chi connectivity index (χ0v) is 12.9. The van der Waals surface area contributed by atoms with Gasteiger partial charge in [0.2, 0.25) is 10.0 Å². The smallest absolute Gasteiger partial charge is 0.212 e. The van der Waals surface area contributed by atoms with Crippen LogP contribution in [-0.4, -0.2) is 14.2 Å². The van der Waals surface area contributed by atoms with E-state index < -0.39 is 10.0 Å². The monoisotopic (exact) mass is 283 g/mol. The van der Waals surface area contributed by atoms with Gasteiger partial charge >= 0.3 is 0 Å². The summed E-state index contributed by atoms with van der Waals surface area (Å²) in [4.78, 5) is 0. The van der Waals surface area contributed by atoms with Gasteiger partial charge in [-0.25, -0.2) is 13.1 Å². The first kappa shape index (κ1) is 16.2. The zero-order valence-electron chi connectivity index (χ0n) is 12.1. The highest BCUT2D eigenvalue weighted by molar-refractivity contribution is 7.89. The summed E-state index contributed by atoms with van der Waals surface area (Å²) in [5.41, 5.74) is 1.04. The van der Waals surface area contributed by atoms with Crippen molar-refractivity contribution in [3.05, 3.63) is 35.9 Å². The Hall–Kier alpha value is -0.870. The molecule has 108 valence electrons. The van der Waals surface area contributed by atoms with Crippen molar-refractivity contribution in [1.29, 1.82) is 0 Å². The van der Waals surface area contributed by atoms with Gasteiger partial charge in [-0.2, -0.15) is 0 Å². The predicted molar refractivity (Wildman–Crippen MR) is 80.5 cm³/mol. The predicted octanol–water partition coefficient (Wildman–Crippen LogP) is 3.49. The minimum atomic E-state index is -3.19. The van der Waals surface area contributed by atoms with Crippen LogP contribution < -0.4 is 4.72 Å². The molecule has 1 aromatic carbocycles. The molecule has 0 spiro atoms. The second-order valence-electron chi connectivity index (χ2n) is 5.38. The number of nitrogens with one attached hydrogen (secondary N) is 1. The quantitative estimate of drug-likeness (QED) is 0.793. The maximum atomic E-state index is 12.0. The number of rotatable bonds is 8. The molecule has 0 heterocycles. The summed E-state index contributed by atoms with van der Waals surface area (Å²) in [7, 11) is -3.19. The fourth-order valence-electron chi connectivity index (χ4n) is 2.02. The molecule has 1 atom stereocenters. The lowest BCUT2D eigenvalue weighted by Crippen LogP contribution is -2.31. The molecular weight excluding hydrogens is 258 g/mol. The molecule has 0 aromatic heterocycles. The van der Waals surface area contributed by atoms with Crippen LogP contribution in [0.3, 0.4) is 0 Å². The van der Waals surface area contributed by atoms with Crippen LogP contribution in [0, 0.1) is 5.92 Å². The average Bonchev–Trinajstić information content (AvgIpc) is 2.36. The van der Waals surface area contributed by atoms with Gasteiger partial charge in [0.25, 0.3) is 0 Å². The summed E-state index contributed by atoms with van der Waals surface area (Å²) in [6, 6.07) is 9.68. The van der Waals surface area contributed by atoms with Gasteiger partial charge in [0.15, 0.2) is 0 Å². The van der Waals surface area contributed by atoms with E-state index in [0.717, 1.165) is 18.4 Å². The summed E-state index contributed by atoms with van der Waals surface area (Å²) < 4.78 is 26.9. The van der Waals surface area contributed by atoms with E-state index in [1.807, 2.05) is 37.3 Å². The van der Waals surface area contributed by atoms with E-state index >= 15 is 0 Å². The Morgan fingerprint density at radius 2 is 1.79 bits per heavy atom. The molecule has 0 unspecified atom stereocenters. The van der Waals surface area contributed by atoms with Crippen LogP contribution in [0.25, 0.3) is 0 Å². The van der Waals surface area contributed by atoms with E-state index in [9.17, 15) is 8.42 Å². The molecule has 3 nitrogen and oxygen atoms in total. The molecule has 0 saturated heterocycles. The number of benzene rings is 1. The molecule has 19 heavy (non-hydrogen) atoms. The van der Waals surface area contributed by atoms with Crippen LogP contribution in [0.2, 0.25) is 0 Å². The van der Waals surface area contributed by atoms with E-state index in [4.69, 9.17) is 0 Å². The van der Waals surface area contributed by atoms with Crippen LogP contribution in [0.1, 0.15) is 51.6 Å². The van der Waals surface area contributed by atoms with Gasteiger partial charge in [0, 0.05) is 6.04 Å². The standard InChI is InChI=1S/C15H25NO2S/c1-4-5-11-19(17,18)16-15(12-13(2)3)14-9-7-6-8-10-14/h6-10,13,15-16H,4-5,11-12H2,1-3H3/t15-/m0/s1. The van der Waals surface area contributed by atoms with Gasteiger partial charge in [0.05, 0.1) is 5.75 Å². The molecule has 0 fully saturated rings. The summed E-state index contributed by atoms with van der Waals surface area (Å²) in [5.74, 6) is 0.657. The highest BCUT2D eigenvalue weighted by atomic mass is 32.2. The Labute approximate surface area is 117 Å². The van der Waals surface area contributed by atoms with Crippen LogP contribution in [0.5, 0.6) is 0 Å². The topological polar surface area (TPSA) is 46.2 Å². The Morgan fingerprint density at radius 3 is 2.32 bits per heavy atom. The van der Waals surface area contributed by atoms with Crippen molar-refractivity contribution < 1.29 is 8.42 Å². The third-order valence-corrected chi connectivity index (χ3v) is 4.47. The van der Waals surface area contributed by atoms with E-state index in [1.165, 1.54) is 0 Å². The maximum absolute atomic E-state index is 12.0. The summed E-state index contributed by atoms with van der Waals surface area (Å²) >= 11 is 0. The van der Waals surface area contributed by atoms with E-state index in [-0.39, 0.29) is 11.8 Å². The van der Waals surface area contributed by atoms with Crippen molar-refractivity contribution in [3.8, 4) is 0 Å². The normalized spacial score (nSPS) is 13.7. The summed E-state index contributed by atoms with van der Waals surface area (Å²) in [6.07, 6.45) is 2.41. The Kier molecular flexibility index (Phi) is 6.52. The second kappa shape index (κ2) is 7.65. The van der Waals surface area contributed by atoms with Crippen molar-refractivity contribution in [1.82, 2.24) is 4.72 Å². The van der Waals surface area contributed by atoms with E-state index in [1.54, 1.807) is 0 Å². The van der Waals surface area contributed by atoms with Gasteiger partial charge in [0.1, 0.15) is 0 Å². The lowest BCUT2D eigenvalue weighted by molar-refractivity contribution is 0.471. The molecule has 0 amide bonds. The number of hydrogen-bond acceptors (Lipinski definition) is 2. The molecule has 0 saturated carbocycles. The minimum Gasteiger partial charge on any atom is -0.212 e. The fourth-order valence-corrected chi connectivity index (χ4v) is 3.47. The molecule has 0 bridgehead atoms. The van der Waals surface area contributed by atoms with Crippen LogP contribution in [-0.2, 0) is 10.0 Å². The second-order valence-corrected chi connectivity index (χ2v) is 7.26. The largest absolute Gasteiger partial charge is 0.212 e. The van der Waals surface area contributed by atoms with Crippen molar-refractivity contribution in [3.63, 3.8) is 0 Å². The third kappa shape index (κ3) is 6.21. The molecule has 0 aliphatic carbocycles. The van der Waals surface area contributed by atoms with Gasteiger partial charge in [-0.1, -0.05) is 57.5 Å². The Bertz CT molecular complexity index is 454. The molecule has 0 aliphatic heterocycles. The van der Waals surface area contributed by atoms with Crippen molar-refractivity contribution in [2.75, 3.05) is 5.75 Å². The first-order valence-corrected chi connectivity index (χ1v) is 8.64. The minimum absolute atomic E-state index is 0.122. The van der Waals surface area contributed by atoms with Gasteiger partial charge < -0.3 is 0 Å². The van der Waals surface area contributed by atoms with Crippen molar-refractivity contribution in [2.24, 2.45) is 5.92 Å². The molecular formula is C15H25NO2S. The van der Waals surface area contributed by atoms with Crippen molar-refractivity contribution >= 4 is 10.0 Å². The average molecular weight is 283 g/mol. The Balaban J connectivity index is 2.81. The van der Waals surface area contributed by atoms with Crippen LogP contribution in [0.4, 0.5) is 0 Å². The van der Waals surface area contributed by atoms with Crippen molar-refractivity contribution in [2.45, 2.75) is 46.1 Å². The molecule has 1 aromatic rings. The SMILES string of the molecule is CCCCS(=O)(=O)N[C@@H](CC(C)C)c1ccccc1.